The van der Waals surface area contributed by atoms with Crippen molar-refractivity contribution < 1.29 is 13.9 Å². The van der Waals surface area contributed by atoms with Crippen LogP contribution in [0.25, 0.3) is 6.08 Å². The maximum atomic E-state index is 11.8. The molecule has 0 saturated heterocycles. The lowest BCUT2D eigenvalue weighted by Gasteiger charge is -2.09. The van der Waals surface area contributed by atoms with Crippen LogP contribution in [0.4, 0.5) is 0 Å². The molecule has 1 N–H and O–H groups in total. The Balaban J connectivity index is 1.90. The number of para-hydroxylation sites is 1. The van der Waals surface area contributed by atoms with Crippen molar-refractivity contribution in [1.82, 2.24) is 5.32 Å². The van der Waals surface area contributed by atoms with Crippen molar-refractivity contribution in [2.24, 2.45) is 0 Å². The zero-order valence-electron chi connectivity index (χ0n) is 11.6. The summed E-state index contributed by atoms with van der Waals surface area (Å²) < 4.78 is 11.7. The summed E-state index contributed by atoms with van der Waals surface area (Å²) in [6.45, 7) is 2.96. The maximum Gasteiger partial charge on any atom is 0.244 e. The molecule has 2 rings (SSSR count). The summed E-state index contributed by atoms with van der Waals surface area (Å²) in [6.07, 6.45) is 3.10. The number of halogens is 1. The largest absolute Gasteiger partial charge is 0.494 e. The molecule has 1 aromatic carbocycles. The van der Waals surface area contributed by atoms with Crippen LogP contribution in [0.2, 0.25) is 0 Å². The fourth-order valence-electron chi connectivity index (χ4n) is 1.76. The fourth-order valence-corrected chi connectivity index (χ4v) is 2.20. The first kappa shape index (κ1) is 15.6. The Morgan fingerprint density at radius 1 is 1.33 bits per heavy atom. The first-order valence-electron chi connectivity index (χ1n) is 6.61. The van der Waals surface area contributed by atoms with E-state index in [1.165, 1.54) is 6.08 Å². The predicted molar refractivity (Wildman–Crippen MR) is 89.9 cm³/mol. The molecule has 1 heterocycles. The number of furan rings is 1. The summed E-state index contributed by atoms with van der Waals surface area (Å²) in [7, 11) is 0. The molecule has 0 aliphatic rings. The van der Waals surface area contributed by atoms with Gasteiger partial charge in [-0.2, -0.15) is 0 Å². The average Bonchev–Trinajstić information content (AvgIpc) is 2.90. The van der Waals surface area contributed by atoms with E-state index in [9.17, 15) is 4.79 Å². The van der Waals surface area contributed by atoms with Gasteiger partial charge >= 0.3 is 0 Å². The third-order valence-corrected chi connectivity index (χ3v) is 3.30. The Morgan fingerprint density at radius 3 is 2.86 bits per heavy atom. The van der Waals surface area contributed by atoms with E-state index < -0.39 is 0 Å². The number of nitrogens with one attached hydrogen (secondary N) is 1. The van der Waals surface area contributed by atoms with Gasteiger partial charge in [0.15, 0.2) is 3.77 Å². The second kappa shape index (κ2) is 7.87. The molecule has 0 radical (unpaired) electrons. The van der Waals surface area contributed by atoms with Crippen LogP contribution in [-0.2, 0) is 11.3 Å². The minimum absolute atomic E-state index is 0.173. The second-order valence-corrected chi connectivity index (χ2v) is 5.30. The normalized spacial score (nSPS) is 10.8. The van der Waals surface area contributed by atoms with E-state index in [0.717, 1.165) is 15.1 Å². The Morgan fingerprint density at radius 2 is 2.14 bits per heavy atom. The van der Waals surface area contributed by atoms with Crippen molar-refractivity contribution in [2.45, 2.75) is 13.5 Å². The summed E-state index contributed by atoms with van der Waals surface area (Å²) in [4.78, 5) is 11.8. The number of carbonyl (C=O) groups excluding carboxylic acids is 1. The molecular weight excluding hydrogens is 381 g/mol. The quantitative estimate of drug-likeness (QED) is 0.599. The highest BCUT2D eigenvalue weighted by molar-refractivity contribution is 14.1. The van der Waals surface area contributed by atoms with E-state index in [0.29, 0.717) is 18.9 Å². The van der Waals surface area contributed by atoms with Crippen molar-refractivity contribution in [1.29, 1.82) is 0 Å². The molecule has 0 bridgehead atoms. The number of carbonyl (C=O) groups is 1. The van der Waals surface area contributed by atoms with Crippen LogP contribution in [0.1, 0.15) is 18.2 Å². The number of ether oxygens (including phenoxy) is 1. The zero-order valence-corrected chi connectivity index (χ0v) is 13.8. The predicted octanol–water partition coefficient (Wildman–Crippen LogP) is 3.61. The third-order valence-electron chi connectivity index (χ3n) is 2.72. The summed E-state index contributed by atoms with van der Waals surface area (Å²) in [6, 6.07) is 11.3. The molecule has 0 spiro atoms. The van der Waals surface area contributed by atoms with Crippen LogP contribution in [-0.4, -0.2) is 12.5 Å². The summed E-state index contributed by atoms with van der Waals surface area (Å²) >= 11 is 2.08. The number of rotatable bonds is 6. The van der Waals surface area contributed by atoms with E-state index in [1.54, 1.807) is 6.08 Å². The Labute approximate surface area is 137 Å². The molecular formula is C16H16INO3. The highest BCUT2D eigenvalue weighted by atomic mass is 127. The van der Waals surface area contributed by atoms with Crippen LogP contribution in [0.5, 0.6) is 5.75 Å². The zero-order chi connectivity index (χ0) is 15.1. The SMILES string of the molecule is CCOc1ccccc1CNC(=O)/C=C/c1ccc(I)o1. The summed E-state index contributed by atoms with van der Waals surface area (Å²) in [5.74, 6) is 1.28. The van der Waals surface area contributed by atoms with Gasteiger partial charge in [-0.1, -0.05) is 18.2 Å². The van der Waals surface area contributed by atoms with Crippen molar-refractivity contribution >= 4 is 34.6 Å². The lowest BCUT2D eigenvalue weighted by Crippen LogP contribution is -2.20. The number of hydrogen-bond acceptors (Lipinski definition) is 3. The lowest BCUT2D eigenvalue weighted by molar-refractivity contribution is -0.116. The van der Waals surface area contributed by atoms with Crippen LogP contribution >= 0.6 is 22.6 Å². The van der Waals surface area contributed by atoms with Gasteiger partial charge in [0.2, 0.25) is 5.91 Å². The van der Waals surface area contributed by atoms with Gasteiger partial charge in [0.05, 0.1) is 6.61 Å². The van der Waals surface area contributed by atoms with E-state index in [-0.39, 0.29) is 5.91 Å². The second-order valence-electron chi connectivity index (χ2n) is 4.23. The maximum absolute atomic E-state index is 11.8. The lowest BCUT2D eigenvalue weighted by atomic mass is 10.2. The number of benzene rings is 1. The van der Waals surface area contributed by atoms with Gasteiger partial charge in [-0.25, -0.2) is 0 Å². The molecule has 0 saturated carbocycles. The van der Waals surface area contributed by atoms with Crippen molar-refractivity contribution in [3.63, 3.8) is 0 Å². The Hall–Kier alpha value is -1.76. The third kappa shape index (κ3) is 4.93. The van der Waals surface area contributed by atoms with E-state index in [4.69, 9.17) is 9.15 Å². The van der Waals surface area contributed by atoms with Gasteiger partial charge in [-0.15, -0.1) is 0 Å². The smallest absolute Gasteiger partial charge is 0.244 e. The van der Waals surface area contributed by atoms with E-state index in [1.807, 2.05) is 43.3 Å². The van der Waals surface area contributed by atoms with Gasteiger partial charge in [-0.3, -0.25) is 4.79 Å². The van der Waals surface area contributed by atoms with Crippen LogP contribution in [0.3, 0.4) is 0 Å². The van der Waals surface area contributed by atoms with Gasteiger partial charge in [0.1, 0.15) is 11.5 Å². The monoisotopic (exact) mass is 397 g/mol. The molecule has 0 unspecified atom stereocenters. The van der Waals surface area contributed by atoms with Gasteiger partial charge in [0, 0.05) is 18.2 Å². The minimum atomic E-state index is -0.173. The molecule has 1 aromatic heterocycles. The summed E-state index contributed by atoms with van der Waals surface area (Å²) in [5.41, 5.74) is 0.952. The molecule has 21 heavy (non-hydrogen) atoms. The number of amides is 1. The van der Waals surface area contributed by atoms with E-state index >= 15 is 0 Å². The molecule has 110 valence electrons. The molecule has 1 amide bonds. The van der Waals surface area contributed by atoms with Gasteiger partial charge in [0.25, 0.3) is 0 Å². The molecule has 0 atom stereocenters. The van der Waals surface area contributed by atoms with Crippen molar-refractivity contribution in [2.75, 3.05) is 6.61 Å². The Kier molecular flexibility index (Phi) is 5.86. The van der Waals surface area contributed by atoms with Gasteiger partial charge in [-0.05, 0) is 53.8 Å². The molecule has 0 aliphatic heterocycles. The Bertz CT molecular complexity index is 634. The first-order chi connectivity index (χ1) is 10.2. The van der Waals surface area contributed by atoms with Crippen LogP contribution in [0, 0.1) is 3.77 Å². The fraction of sp³-hybridized carbons (Fsp3) is 0.188. The molecule has 5 heteroatoms. The van der Waals surface area contributed by atoms with Crippen molar-refractivity contribution in [3.8, 4) is 5.75 Å². The highest BCUT2D eigenvalue weighted by Crippen LogP contribution is 2.17. The molecule has 0 fully saturated rings. The van der Waals surface area contributed by atoms with E-state index in [2.05, 4.69) is 27.9 Å². The topological polar surface area (TPSA) is 51.5 Å². The summed E-state index contributed by atoms with van der Waals surface area (Å²) in [5, 5.41) is 2.83. The average molecular weight is 397 g/mol. The first-order valence-corrected chi connectivity index (χ1v) is 7.69. The van der Waals surface area contributed by atoms with Crippen molar-refractivity contribution in [3.05, 3.63) is 57.6 Å². The molecule has 4 nitrogen and oxygen atoms in total. The minimum Gasteiger partial charge on any atom is -0.494 e. The van der Waals surface area contributed by atoms with Crippen LogP contribution < -0.4 is 10.1 Å². The molecule has 2 aromatic rings. The van der Waals surface area contributed by atoms with Gasteiger partial charge < -0.3 is 14.5 Å². The molecule has 0 aliphatic carbocycles. The highest BCUT2D eigenvalue weighted by Gasteiger charge is 2.03. The number of hydrogen-bond donors (Lipinski definition) is 1. The standard InChI is InChI=1S/C16H16INO3/c1-2-20-14-6-4-3-5-12(14)11-18-16(19)10-8-13-7-9-15(17)21-13/h3-10H,2,11H2,1H3,(H,18,19)/b10-8+. The van der Waals surface area contributed by atoms with Crippen LogP contribution in [0.15, 0.2) is 46.9 Å².